The topological polar surface area (TPSA) is 88.1 Å². The molecule has 2 aliphatic rings. The Kier molecular flexibility index (Phi) is 7.07. The van der Waals surface area contributed by atoms with E-state index in [1.165, 1.54) is 13.2 Å². The first-order valence-corrected chi connectivity index (χ1v) is 11.8. The first kappa shape index (κ1) is 26.4. The quantitative estimate of drug-likeness (QED) is 0.583. The van der Waals surface area contributed by atoms with Gasteiger partial charge in [0.15, 0.2) is 0 Å². The number of alkyl halides is 3. The first-order valence-electron chi connectivity index (χ1n) is 11.1. The van der Waals surface area contributed by atoms with Crippen molar-refractivity contribution in [2.45, 2.75) is 36.1 Å². The lowest BCUT2D eigenvalue weighted by atomic mass is 9.74. The van der Waals surface area contributed by atoms with Crippen LogP contribution in [0.2, 0.25) is 10.0 Å². The fourth-order valence-electron chi connectivity index (χ4n) is 4.95. The summed E-state index contributed by atoms with van der Waals surface area (Å²) in [5.41, 5.74) is -4.96. The normalized spacial score (nSPS) is 21.4. The molecule has 2 aliphatic heterocycles. The van der Waals surface area contributed by atoms with Crippen LogP contribution in [0, 0.1) is 0 Å². The number of carbonyl (C=O) groups excluding carboxylic acids is 2. The van der Waals surface area contributed by atoms with E-state index < -0.39 is 34.9 Å². The molecule has 0 bridgehead atoms. The van der Waals surface area contributed by atoms with Crippen molar-refractivity contribution in [3.63, 3.8) is 0 Å². The Morgan fingerprint density at radius 3 is 2.36 bits per heavy atom. The summed E-state index contributed by atoms with van der Waals surface area (Å²) in [7, 11) is 1.51. The number of para-hydroxylation sites is 1. The van der Waals surface area contributed by atoms with Crippen LogP contribution >= 0.6 is 23.2 Å². The number of nitrogens with one attached hydrogen (secondary N) is 1. The molecule has 0 aromatic heterocycles. The van der Waals surface area contributed by atoms with Crippen molar-refractivity contribution in [2.24, 2.45) is 0 Å². The molecule has 2 aromatic rings. The molecule has 1 spiro atoms. The third kappa shape index (κ3) is 4.57. The van der Waals surface area contributed by atoms with Gasteiger partial charge in [-0.05, 0) is 24.3 Å². The zero-order chi connectivity index (χ0) is 26.3. The molecule has 2 N–H and O–H groups in total. The minimum atomic E-state index is -5.35. The number of aliphatic hydroxyl groups is 1. The molecule has 194 valence electrons. The zero-order valence-electron chi connectivity index (χ0n) is 19.1. The highest BCUT2D eigenvalue weighted by Crippen LogP contribution is 2.47. The average molecular weight is 547 g/mol. The molecule has 12 heteroatoms. The molecule has 2 saturated heterocycles. The van der Waals surface area contributed by atoms with Crippen molar-refractivity contribution in [3.8, 4) is 5.75 Å². The number of amides is 2. The van der Waals surface area contributed by atoms with E-state index >= 15 is 0 Å². The summed E-state index contributed by atoms with van der Waals surface area (Å²) in [6, 6.07) is 10.1. The Balaban J connectivity index is 1.64. The fraction of sp³-hybridized carbons (Fsp3) is 0.417. The highest BCUT2D eigenvalue weighted by atomic mass is 35.5. The molecule has 2 heterocycles. The summed E-state index contributed by atoms with van der Waals surface area (Å²) in [5.74, 6) is -1.36. The Morgan fingerprint density at radius 2 is 1.78 bits per heavy atom. The van der Waals surface area contributed by atoms with Crippen LogP contribution in [0.15, 0.2) is 42.5 Å². The number of piperidine rings is 1. The smallest absolute Gasteiger partial charge is 0.430 e. The molecule has 0 aliphatic carbocycles. The number of hydrogen-bond acceptors (Lipinski definition) is 5. The van der Waals surface area contributed by atoms with E-state index in [4.69, 9.17) is 32.7 Å². The summed E-state index contributed by atoms with van der Waals surface area (Å²) in [6.07, 6.45) is -5.90. The van der Waals surface area contributed by atoms with Crippen LogP contribution in [-0.4, -0.2) is 60.5 Å². The largest absolute Gasteiger partial charge is 0.496 e. The van der Waals surface area contributed by atoms with Crippen LogP contribution in [0.25, 0.3) is 0 Å². The van der Waals surface area contributed by atoms with Crippen molar-refractivity contribution in [1.29, 1.82) is 0 Å². The van der Waals surface area contributed by atoms with Gasteiger partial charge >= 0.3 is 12.3 Å². The Morgan fingerprint density at radius 1 is 1.17 bits per heavy atom. The van der Waals surface area contributed by atoms with Crippen molar-refractivity contribution >= 4 is 35.2 Å². The summed E-state index contributed by atoms with van der Waals surface area (Å²) in [4.78, 5) is 26.3. The number of hydrogen-bond donors (Lipinski definition) is 2. The molecule has 2 fully saturated rings. The highest BCUT2D eigenvalue weighted by Gasteiger charge is 2.63. The third-order valence-corrected chi connectivity index (χ3v) is 7.23. The average Bonchev–Trinajstić information content (AvgIpc) is 2.82. The van der Waals surface area contributed by atoms with Gasteiger partial charge in [-0.15, -0.1) is 0 Å². The van der Waals surface area contributed by atoms with Gasteiger partial charge in [0.1, 0.15) is 11.4 Å². The van der Waals surface area contributed by atoms with Crippen molar-refractivity contribution in [2.75, 3.05) is 26.7 Å². The maximum absolute atomic E-state index is 14.1. The molecule has 0 radical (unpaired) electrons. The molecule has 2 atom stereocenters. The minimum absolute atomic E-state index is 0.0547. The van der Waals surface area contributed by atoms with Gasteiger partial charge in [-0.3, -0.25) is 4.79 Å². The second kappa shape index (κ2) is 9.64. The Labute approximate surface area is 215 Å². The van der Waals surface area contributed by atoms with E-state index in [0.717, 1.165) is 22.6 Å². The number of nitrogens with zero attached hydrogens (tertiary/aromatic N) is 1. The second-order valence-electron chi connectivity index (χ2n) is 8.79. The number of benzene rings is 2. The SMILES string of the molecule is COc1ccccc1C1CNC(=O)OC12CCN(C(=O)[C@](O)(c1cc(Cl)cc(Cl)c1)C(F)(F)F)CC2. The predicted octanol–water partition coefficient (Wildman–Crippen LogP) is 4.64. The minimum Gasteiger partial charge on any atom is -0.496 e. The van der Waals surface area contributed by atoms with Crippen LogP contribution in [0.1, 0.15) is 29.9 Å². The number of methoxy groups -OCH3 is 1. The monoisotopic (exact) mass is 546 g/mol. The van der Waals surface area contributed by atoms with E-state index in [0.29, 0.717) is 5.75 Å². The zero-order valence-corrected chi connectivity index (χ0v) is 20.6. The second-order valence-corrected chi connectivity index (χ2v) is 9.66. The van der Waals surface area contributed by atoms with Crippen molar-refractivity contribution < 1.29 is 37.3 Å². The molecule has 4 rings (SSSR count). The fourth-order valence-corrected chi connectivity index (χ4v) is 5.48. The van der Waals surface area contributed by atoms with Crippen molar-refractivity contribution in [1.82, 2.24) is 10.2 Å². The van der Waals surface area contributed by atoms with Gasteiger partial charge in [-0.1, -0.05) is 41.4 Å². The number of carbonyl (C=O) groups is 2. The number of likely N-dealkylation sites (tertiary alicyclic amines) is 1. The number of halogens is 5. The van der Waals surface area contributed by atoms with E-state index in [1.54, 1.807) is 18.2 Å². The molecule has 2 aromatic carbocycles. The lowest BCUT2D eigenvalue weighted by molar-refractivity contribution is -0.262. The van der Waals surface area contributed by atoms with Crippen molar-refractivity contribution in [3.05, 3.63) is 63.6 Å². The summed E-state index contributed by atoms with van der Waals surface area (Å²) >= 11 is 11.7. The van der Waals surface area contributed by atoms with Gasteiger partial charge in [0.2, 0.25) is 0 Å². The van der Waals surface area contributed by atoms with Gasteiger partial charge in [-0.25, -0.2) is 4.79 Å². The number of alkyl carbamates (subject to hydrolysis) is 1. The summed E-state index contributed by atoms with van der Waals surface area (Å²) in [6.45, 7) is -0.157. The Hall–Kier alpha value is -2.69. The van der Waals surface area contributed by atoms with Crippen LogP contribution in [0.5, 0.6) is 5.75 Å². The third-order valence-electron chi connectivity index (χ3n) is 6.79. The highest BCUT2D eigenvalue weighted by molar-refractivity contribution is 6.34. The molecule has 0 saturated carbocycles. The first-order chi connectivity index (χ1) is 16.9. The number of rotatable bonds is 4. The van der Waals surface area contributed by atoms with Gasteiger partial charge < -0.3 is 24.8 Å². The van der Waals surface area contributed by atoms with Crippen LogP contribution in [0.4, 0.5) is 18.0 Å². The standard InChI is InChI=1S/C24H23Cl2F3N2O5/c1-35-19-5-3-2-4-17(19)18-13-30-21(33)36-22(18)6-8-31(9-7-22)20(32)23(34,24(27,28)29)14-10-15(25)12-16(26)11-14/h2-5,10-12,18,34H,6-9,13H2,1H3,(H,30,33)/t18?,23-/m1/s1. The van der Waals surface area contributed by atoms with Gasteiger partial charge in [0.25, 0.3) is 11.5 Å². The maximum atomic E-state index is 14.1. The Bertz CT molecular complexity index is 1150. The predicted molar refractivity (Wildman–Crippen MR) is 125 cm³/mol. The summed E-state index contributed by atoms with van der Waals surface area (Å²) in [5, 5.41) is 13.1. The van der Waals surface area contributed by atoms with E-state index in [9.17, 15) is 27.9 Å². The van der Waals surface area contributed by atoms with Gasteiger partial charge in [0, 0.05) is 59.6 Å². The van der Waals surface area contributed by atoms with Gasteiger partial charge in [-0.2, -0.15) is 13.2 Å². The lowest BCUT2D eigenvalue weighted by Crippen LogP contribution is -2.62. The molecule has 7 nitrogen and oxygen atoms in total. The van der Waals surface area contributed by atoms with E-state index in [1.807, 2.05) is 6.07 Å². The van der Waals surface area contributed by atoms with Crippen LogP contribution in [-0.2, 0) is 15.1 Å². The van der Waals surface area contributed by atoms with Gasteiger partial charge in [0.05, 0.1) is 7.11 Å². The molecule has 2 amide bonds. The molecule has 36 heavy (non-hydrogen) atoms. The molecular weight excluding hydrogens is 524 g/mol. The van der Waals surface area contributed by atoms with E-state index in [-0.39, 0.29) is 48.4 Å². The molecular formula is C24H23Cl2F3N2O5. The number of ether oxygens (including phenoxy) is 2. The van der Waals surface area contributed by atoms with E-state index in [2.05, 4.69) is 5.32 Å². The molecule has 1 unspecified atom stereocenters. The maximum Gasteiger partial charge on any atom is 0.430 e. The van der Waals surface area contributed by atoms with Crippen LogP contribution in [0.3, 0.4) is 0 Å². The lowest BCUT2D eigenvalue weighted by Gasteiger charge is -2.49. The summed E-state index contributed by atoms with van der Waals surface area (Å²) < 4.78 is 53.6. The van der Waals surface area contributed by atoms with Crippen LogP contribution < -0.4 is 10.1 Å².